The number of unbranched alkanes of at least 4 members (excludes halogenated alkanes) is 10. The average Bonchev–Trinajstić information content (AvgIpc) is 2.56. The van der Waals surface area contributed by atoms with Gasteiger partial charge in [0.05, 0.1) is 0 Å². The van der Waals surface area contributed by atoms with Gasteiger partial charge in [0.2, 0.25) is 0 Å². The highest BCUT2D eigenvalue weighted by Gasteiger charge is 2.05. The molecule has 0 aromatic heterocycles. The number of rotatable bonds is 14. The van der Waals surface area contributed by atoms with Gasteiger partial charge in [0.1, 0.15) is 0 Å². The van der Waals surface area contributed by atoms with Crippen LogP contribution in [0.1, 0.15) is 108 Å². The molecule has 0 aliphatic carbocycles. The first-order valence-electron chi connectivity index (χ1n) is 10.2. The van der Waals surface area contributed by atoms with E-state index in [2.05, 4.69) is 39.0 Å². The van der Waals surface area contributed by atoms with Crippen molar-refractivity contribution in [2.24, 2.45) is 0 Å². The molecule has 1 rings (SSSR count). The molecular formula is C23H39. The molecule has 1 radical (unpaired) electrons. The summed E-state index contributed by atoms with van der Waals surface area (Å²) in [5.74, 6) is 0. The fourth-order valence-corrected chi connectivity index (χ4v) is 3.42. The maximum Gasteiger partial charge on any atom is -0.0235 e. The van der Waals surface area contributed by atoms with Crippen LogP contribution in [0.5, 0.6) is 0 Å². The summed E-state index contributed by atoms with van der Waals surface area (Å²) in [6, 6.07) is 6.73. The van der Waals surface area contributed by atoms with Gasteiger partial charge >= 0.3 is 0 Å². The van der Waals surface area contributed by atoms with Crippen LogP contribution in [0.3, 0.4) is 0 Å². The first kappa shape index (κ1) is 20.3. The van der Waals surface area contributed by atoms with Crippen molar-refractivity contribution < 1.29 is 0 Å². The second-order valence-electron chi connectivity index (χ2n) is 7.09. The van der Waals surface area contributed by atoms with Crippen molar-refractivity contribution in [2.75, 3.05) is 0 Å². The lowest BCUT2D eigenvalue weighted by Crippen LogP contribution is -1.98. The molecule has 131 valence electrons. The molecule has 0 saturated heterocycles. The molecule has 0 unspecified atom stereocenters. The fourth-order valence-electron chi connectivity index (χ4n) is 3.42. The van der Waals surface area contributed by atoms with Gasteiger partial charge in [0.15, 0.2) is 0 Å². The summed E-state index contributed by atoms with van der Waals surface area (Å²) < 4.78 is 0. The number of aryl methyl sites for hydroxylation is 1. The summed E-state index contributed by atoms with van der Waals surface area (Å²) >= 11 is 0. The van der Waals surface area contributed by atoms with Crippen molar-refractivity contribution in [3.05, 3.63) is 41.8 Å². The molecule has 0 bridgehead atoms. The van der Waals surface area contributed by atoms with Crippen molar-refractivity contribution in [1.29, 1.82) is 0 Å². The van der Waals surface area contributed by atoms with E-state index in [-0.39, 0.29) is 0 Å². The molecule has 0 spiro atoms. The van der Waals surface area contributed by atoms with Gasteiger partial charge in [-0.3, -0.25) is 0 Å². The zero-order chi connectivity index (χ0) is 16.8. The predicted molar refractivity (Wildman–Crippen MR) is 105 cm³/mol. The minimum absolute atomic E-state index is 1.23. The van der Waals surface area contributed by atoms with E-state index in [9.17, 15) is 0 Å². The van der Waals surface area contributed by atoms with Crippen LogP contribution in [0.2, 0.25) is 0 Å². The van der Waals surface area contributed by atoms with Crippen LogP contribution in [0.4, 0.5) is 0 Å². The molecule has 0 aliphatic rings. The monoisotopic (exact) mass is 315 g/mol. The maximum atomic E-state index is 4.28. The van der Waals surface area contributed by atoms with E-state index in [4.69, 9.17) is 0 Å². The van der Waals surface area contributed by atoms with Crippen molar-refractivity contribution in [1.82, 2.24) is 0 Å². The molecule has 0 N–H and O–H groups in total. The third kappa shape index (κ3) is 9.18. The lowest BCUT2D eigenvalue weighted by molar-refractivity contribution is 0.599. The molecule has 0 fully saturated rings. The summed E-state index contributed by atoms with van der Waals surface area (Å²) in [5.41, 5.74) is 4.39. The number of benzene rings is 1. The van der Waals surface area contributed by atoms with Gasteiger partial charge in [0.25, 0.3) is 0 Å². The smallest absolute Gasteiger partial charge is 0.0235 e. The molecule has 0 amide bonds. The van der Waals surface area contributed by atoms with Crippen molar-refractivity contribution in [3.63, 3.8) is 0 Å². The van der Waals surface area contributed by atoms with Gasteiger partial charge in [-0.25, -0.2) is 0 Å². The van der Waals surface area contributed by atoms with Gasteiger partial charge < -0.3 is 0 Å². The first-order valence-corrected chi connectivity index (χ1v) is 10.2. The quantitative estimate of drug-likeness (QED) is 0.309. The van der Waals surface area contributed by atoms with Crippen LogP contribution in [-0.4, -0.2) is 0 Å². The van der Waals surface area contributed by atoms with Crippen LogP contribution >= 0.6 is 0 Å². The molecule has 1 aromatic rings. The SMILES string of the molecule is [CH2]c1cccc(CCCCCCCC)c1CCCCCCCC. The Hall–Kier alpha value is -0.780. The molecule has 0 saturated carbocycles. The predicted octanol–water partition coefficient (Wildman–Crippen LogP) is 7.67. The zero-order valence-corrected chi connectivity index (χ0v) is 15.8. The molecule has 0 nitrogen and oxygen atoms in total. The first-order chi connectivity index (χ1) is 11.3. The van der Waals surface area contributed by atoms with Gasteiger partial charge in [-0.15, -0.1) is 0 Å². The van der Waals surface area contributed by atoms with E-state index in [0.717, 1.165) is 0 Å². The van der Waals surface area contributed by atoms with Crippen LogP contribution in [0, 0.1) is 6.92 Å². The third-order valence-electron chi connectivity index (χ3n) is 4.95. The van der Waals surface area contributed by atoms with E-state index in [1.165, 1.54) is 95.5 Å². The topological polar surface area (TPSA) is 0 Å². The molecule has 0 aliphatic heterocycles. The summed E-state index contributed by atoms with van der Waals surface area (Å²) in [6.07, 6.45) is 19.0. The van der Waals surface area contributed by atoms with Crippen LogP contribution in [-0.2, 0) is 12.8 Å². The zero-order valence-electron chi connectivity index (χ0n) is 15.8. The normalized spacial score (nSPS) is 11.1. The van der Waals surface area contributed by atoms with Gasteiger partial charge in [-0.2, -0.15) is 0 Å². The Morgan fingerprint density at radius 3 is 1.78 bits per heavy atom. The highest BCUT2D eigenvalue weighted by atomic mass is 14.1. The molecule has 0 atom stereocenters. The Morgan fingerprint density at radius 1 is 0.652 bits per heavy atom. The minimum Gasteiger partial charge on any atom is -0.0654 e. The molecule has 23 heavy (non-hydrogen) atoms. The number of hydrogen-bond acceptors (Lipinski definition) is 0. The van der Waals surface area contributed by atoms with Crippen molar-refractivity contribution >= 4 is 0 Å². The van der Waals surface area contributed by atoms with Crippen molar-refractivity contribution in [2.45, 2.75) is 104 Å². The number of hydrogen-bond donors (Lipinski definition) is 0. The van der Waals surface area contributed by atoms with E-state index in [1.54, 1.807) is 11.1 Å². The van der Waals surface area contributed by atoms with Crippen LogP contribution in [0.15, 0.2) is 18.2 Å². The van der Waals surface area contributed by atoms with Gasteiger partial charge in [-0.05, 0) is 49.3 Å². The van der Waals surface area contributed by atoms with Crippen LogP contribution < -0.4 is 0 Å². The fraction of sp³-hybridized carbons (Fsp3) is 0.696. The van der Waals surface area contributed by atoms with E-state index >= 15 is 0 Å². The highest BCUT2D eigenvalue weighted by Crippen LogP contribution is 2.20. The van der Waals surface area contributed by atoms with Gasteiger partial charge in [-0.1, -0.05) is 96.3 Å². The Morgan fingerprint density at radius 2 is 1.17 bits per heavy atom. The standard InChI is InChI=1S/C23H39/c1-4-6-8-10-12-14-18-22-19-16-17-21(3)23(22)20-15-13-11-9-7-5-2/h16-17,19H,3-15,18,20H2,1-2H3. The Labute approximate surface area is 146 Å². The Balaban J connectivity index is 2.33. The summed E-state index contributed by atoms with van der Waals surface area (Å²) in [6.45, 7) is 8.85. The molecule has 0 heterocycles. The second-order valence-corrected chi connectivity index (χ2v) is 7.09. The van der Waals surface area contributed by atoms with Crippen LogP contribution in [0.25, 0.3) is 0 Å². The van der Waals surface area contributed by atoms with Crippen molar-refractivity contribution in [3.8, 4) is 0 Å². The Bertz CT molecular complexity index is 391. The lowest BCUT2D eigenvalue weighted by Gasteiger charge is -2.13. The summed E-state index contributed by atoms with van der Waals surface area (Å²) in [4.78, 5) is 0. The highest BCUT2D eigenvalue weighted by molar-refractivity contribution is 5.37. The Kier molecular flexibility index (Phi) is 12.0. The lowest BCUT2D eigenvalue weighted by atomic mass is 9.93. The largest absolute Gasteiger partial charge is 0.0654 e. The minimum atomic E-state index is 1.23. The van der Waals surface area contributed by atoms with Gasteiger partial charge in [0, 0.05) is 0 Å². The summed E-state index contributed by atoms with van der Waals surface area (Å²) in [7, 11) is 0. The van der Waals surface area contributed by atoms with E-state index in [1.807, 2.05) is 0 Å². The average molecular weight is 316 g/mol. The maximum absolute atomic E-state index is 4.28. The molecular weight excluding hydrogens is 276 g/mol. The third-order valence-corrected chi connectivity index (χ3v) is 4.95. The summed E-state index contributed by atoms with van der Waals surface area (Å²) in [5, 5.41) is 0. The van der Waals surface area contributed by atoms with E-state index in [0.29, 0.717) is 0 Å². The second kappa shape index (κ2) is 13.6. The van der Waals surface area contributed by atoms with E-state index < -0.39 is 0 Å². The molecule has 0 heteroatoms. The molecule has 1 aromatic carbocycles.